The Bertz CT molecular complexity index is 602. The molecule has 1 fully saturated rings. The predicted octanol–water partition coefficient (Wildman–Crippen LogP) is 2.79. The van der Waals surface area contributed by atoms with Gasteiger partial charge in [-0.2, -0.15) is 0 Å². The average molecular weight is 336 g/mol. The number of carbonyl (C=O) groups is 1. The van der Waals surface area contributed by atoms with Gasteiger partial charge in [0.05, 0.1) is 28.0 Å². The van der Waals surface area contributed by atoms with Gasteiger partial charge in [-0.15, -0.1) is 11.8 Å². The van der Waals surface area contributed by atoms with Crippen molar-refractivity contribution >= 4 is 29.0 Å². The van der Waals surface area contributed by atoms with E-state index in [1.54, 1.807) is 28.8 Å². The number of nitro benzene ring substituents is 1. The second-order valence-electron chi connectivity index (χ2n) is 5.83. The minimum atomic E-state index is -0.373. The first-order valence-electron chi connectivity index (χ1n) is 7.93. The minimum absolute atomic E-state index is 0.0186. The SMILES string of the molecule is O=C(CSC[C@H]1CCCCO1)N1CCc2c1cccc2[N+](=O)[O-]. The van der Waals surface area contributed by atoms with E-state index >= 15 is 0 Å². The molecule has 0 saturated carbocycles. The number of thioether (sulfide) groups is 1. The van der Waals surface area contributed by atoms with Gasteiger partial charge in [0.25, 0.3) is 5.69 Å². The molecule has 1 aromatic rings. The van der Waals surface area contributed by atoms with E-state index in [2.05, 4.69) is 0 Å². The number of anilines is 1. The van der Waals surface area contributed by atoms with Crippen LogP contribution in [0.25, 0.3) is 0 Å². The van der Waals surface area contributed by atoms with Crippen LogP contribution in [0.15, 0.2) is 18.2 Å². The van der Waals surface area contributed by atoms with Crippen molar-refractivity contribution in [2.45, 2.75) is 31.8 Å². The Morgan fingerprint density at radius 1 is 1.43 bits per heavy atom. The normalized spacial score (nSPS) is 20.3. The maximum Gasteiger partial charge on any atom is 0.274 e. The van der Waals surface area contributed by atoms with Crippen molar-refractivity contribution in [1.82, 2.24) is 0 Å². The highest BCUT2D eigenvalue weighted by Crippen LogP contribution is 2.35. The van der Waals surface area contributed by atoms with Crippen LogP contribution in [0.4, 0.5) is 11.4 Å². The summed E-state index contributed by atoms with van der Waals surface area (Å²) >= 11 is 1.59. The summed E-state index contributed by atoms with van der Waals surface area (Å²) in [5, 5.41) is 11.1. The summed E-state index contributed by atoms with van der Waals surface area (Å²) in [6.45, 7) is 1.35. The van der Waals surface area contributed by atoms with Gasteiger partial charge in [-0.25, -0.2) is 0 Å². The van der Waals surface area contributed by atoms with Crippen LogP contribution in [0.1, 0.15) is 24.8 Å². The third kappa shape index (κ3) is 3.67. The summed E-state index contributed by atoms with van der Waals surface area (Å²) in [6.07, 6.45) is 4.20. The number of nitro groups is 1. The molecule has 23 heavy (non-hydrogen) atoms. The van der Waals surface area contributed by atoms with Gasteiger partial charge in [0.2, 0.25) is 5.91 Å². The number of fused-ring (bicyclic) bond motifs is 1. The molecule has 2 heterocycles. The van der Waals surface area contributed by atoms with Crippen LogP contribution in [0.5, 0.6) is 0 Å². The molecule has 1 aromatic carbocycles. The largest absolute Gasteiger partial charge is 0.377 e. The number of hydrogen-bond donors (Lipinski definition) is 0. The molecule has 3 rings (SSSR count). The molecule has 1 amide bonds. The van der Waals surface area contributed by atoms with E-state index in [4.69, 9.17) is 4.74 Å². The van der Waals surface area contributed by atoms with Crippen LogP contribution in [0.3, 0.4) is 0 Å². The van der Waals surface area contributed by atoms with Crippen molar-refractivity contribution in [3.63, 3.8) is 0 Å². The number of hydrogen-bond acceptors (Lipinski definition) is 5. The molecule has 0 aliphatic carbocycles. The van der Waals surface area contributed by atoms with Gasteiger partial charge in [0.1, 0.15) is 0 Å². The van der Waals surface area contributed by atoms with E-state index in [9.17, 15) is 14.9 Å². The molecule has 1 saturated heterocycles. The summed E-state index contributed by atoms with van der Waals surface area (Å²) in [5.74, 6) is 1.24. The average Bonchev–Trinajstić information content (AvgIpc) is 2.99. The van der Waals surface area contributed by atoms with Crippen molar-refractivity contribution in [1.29, 1.82) is 0 Å². The third-order valence-electron chi connectivity index (χ3n) is 4.30. The maximum atomic E-state index is 12.4. The van der Waals surface area contributed by atoms with Crippen molar-refractivity contribution in [3.8, 4) is 0 Å². The molecule has 0 spiro atoms. The van der Waals surface area contributed by atoms with Crippen LogP contribution in [-0.2, 0) is 16.0 Å². The fourth-order valence-corrected chi connectivity index (χ4v) is 4.11. The maximum absolute atomic E-state index is 12.4. The molecule has 7 heteroatoms. The molecule has 0 aromatic heterocycles. The Morgan fingerprint density at radius 2 is 2.30 bits per heavy atom. The zero-order chi connectivity index (χ0) is 16.2. The third-order valence-corrected chi connectivity index (χ3v) is 5.36. The fourth-order valence-electron chi connectivity index (χ4n) is 3.14. The Labute approximate surface area is 139 Å². The molecule has 0 radical (unpaired) electrons. The monoisotopic (exact) mass is 336 g/mol. The molecular formula is C16H20N2O4S. The van der Waals surface area contributed by atoms with Gasteiger partial charge in [-0.3, -0.25) is 14.9 Å². The first-order valence-corrected chi connectivity index (χ1v) is 9.08. The zero-order valence-corrected chi connectivity index (χ0v) is 13.7. The molecular weight excluding hydrogens is 316 g/mol. The van der Waals surface area contributed by atoms with Gasteiger partial charge in [0.15, 0.2) is 0 Å². The van der Waals surface area contributed by atoms with Gasteiger partial charge in [0, 0.05) is 25.0 Å². The Hall–Kier alpha value is -1.60. The number of rotatable bonds is 5. The number of benzene rings is 1. The van der Waals surface area contributed by atoms with Crippen LogP contribution >= 0.6 is 11.8 Å². The molecule has 0 unspecified atom stereocenters. The number of amides is 1. The lowest BCUT2D eigenvalue weighted by Crippen LogP contribution is -2.31. The van der Waals surface area contributed by atoms with E-state index in [1.165, 1.54) is 12.5 Å². The van der Waals surface area contributed by atoms with E-state index in [-0.39, 0.29) is 22.6 Å². The molecule has 0 bridgehead atoms. The Kier molecular flexibility index (Phi) is 5.17. The Morgan fingerprint density at radius 3 is 3.04 bits per heavy atom. The van der Waals surface area contributed by atoms with Crippen LogP contribution in [0, 0.1) is 10.1 Å². The van der Waals surface area contributed by atoms with Crippen molar-refractivity contribution < 1.29 is 14.5 Å². The van der Waals surface area contributed by atoms with Gasteiger partial charge in [-0.1, -0.05) is 6.07 Å². The summed E-state index contributed by atoms with van der Waals surface area (Å²) < 4.78 is 5.66. The molecule has 1 atom stereocenters. The number of carbonyl (C=O) groups excluding carboxylic acids is 1. The van der Waals surface area contributed by atoms with Crippen molar-refractivity contribution in [2.75, 3.05) is 29.6 Å². The van der Waals surface area contributed by atoms with Crippen LogP contribution in [0.2, 0.25) is 0 Å². The summed E-state index contributed by atoms with van der Waals surface area (Å²) in [7, 11) is 0. The van der Waals surface area contributed by atoms with E-state index in [0.29, 0.717) is 30.0 Å². The fraction of sp³-hybridized carbons (Fsp3) is 0.562. The number of nitrogens with zero attached hydrogens (tertiary/aromatic N) is 2. The Balaban J connectivity index is 1.58. The molecule has 2 aliphatic heterocycles. The minimum Gasteiger partial charge on any atom is -0.377 e. The molecule has 6 nitrogen and oxygen atoms in total. The van der Waals surface area contributed by atoms with Gasteiger partial charge in [-0.05, 0) is 31.7 Å². The van der Waals surface area contributed by atoms with Gasteiger partial charge >= 0.3 is 0 Å². The van der Waals surface area contributed by atoms with Crippen molar-refractivity contribution in [3.05, 3.63) is 33.9 Å². The quantitative estimate of drug-likeness (QED) is 0.611. The summed E-state index contributed by atoms with van der Waals surface area (Å²) in [5.41, 5.74) is 1.48. The van der Waals surface area contributed by atoms with Gasteiger partial charge < -0.3 is 9.64 Å². The van der Waals surface area contributed by atoms with Crippen LogP contribution in [-0.4, -0.2) is 41.6 Å². The van der Waals surface area contributed by atoms with E-state index in [0.717, 1.165) is 25.2 Å². The molecule has 2 aliphatic rings. The standard InChI is InChI=1S/C16H20N2O4S/c19-16(11-23-10-12-4-1-2-9-22-12)17-8-7-13-14(17)5-3-6-15(13)18(20)21/h3,5-6,12H,1-2,4,7-11H2/t12-/m1/s1. The first kappa shape index (κ1) is 16.3. The molecule has 0 N–H and O–H groups in total. The lowest BCUT2D eigenvalue weighted by atomic mass is 10.1. The van der Waals surface area contributed by atoms with E-state index in [1.807, 2.05) is 0 Å². The zero-order valence-electron chi connectivity index (χ0n) is 12.9. The van der Waals surface area contributed by atoms with E-state index < -0.39 is 0 Å². The second-order valence-corrected chi connectivity index (χ2v) is 6.86. The summed E-state index contributed by atoms with van der Waals surface area (Å²) in [4.78, 5) is 24.8. The topological polar surface area (TPSA) is 72.7 Å². The van der Waals surface area contributed by atoms with Crippen LogP contribution < -0.4 is 4.90 Å². The summed E-state index contributed by atoms with van der Waals surface area (Å²) in [6, 6.07) is 4.94. The highest BCUT2D eigenvalue weighted by Gasteiger charge is 2.30. The predicted molar refractivity (Wildman–Crippen MR) is 90.1 cm³/mol. The molecule has 124 valence electrons. The smallest absolute Gasteiger partial charge is 0.274 e. The lowest BCUT2D eigenvalue weighted by molar-refractivity contribution is -0.385. The lowest BCUT2D eigenvalue weighted by Gasteiger charge is -2.22. The highest BCUT2D eigenvalue weighted by atomic mass is 32.2. The van der Waals surface area contributed by atoms with Crippen molar-refractivity contribution in [2.24, 2.45) is 0 Å². The first-order chi connectivity index (χ1) is 11.2. The second kappa shape index (κ2) is 7.31. The number of ether oxygens (including phenoxy) is 1. The highest BCUT2D eigenvalue weighted by molar-refractivity contribution is 8.00.